The third kappa shape index (κ3) is 4.20. The molecule has 1 aliphatic heterocycles. The largest absolute Gasteiger partial charge is 0.491 e. The highest BCUT2D eigenvalue weighted by Gasteiger charge is 2.31. The van der Waals surface area contributed by atoms with Crippen molar-refractivity contribution in [3.8, 4) is 5.75 Å². The van der Waals surface area contributed by atoms with Crippen LogP contribution in [-0.2, 0) is 11.3 Å². The van der Waals surface area contributed by atoms with Crippen LogP contribution in [0, 0.1) is 0 Å². The number of ether oxygens (including phenoxy) is 2. The van der Waals surface area contributed by atoms with E-state index in [1.807, 2.05) is 38.1 Å². The van der Waals surface area contributed by atoms with Gasteiger partial charge in [0.05, 0.1) is 12.7 Å². The van der Waals surface area contributed by atoms with E-state index in [-0.39, 0.29) is 6.10 Å². The zero-order valence-electron chi connectivity index (χ0n) is 11.7. The molecule has 0 amide bonds. The maximum Gasteiger partial charge on any atom is 0.124 e. The first-order valence-electron chi connectivity index (χ1n) is 6.84. The van der Waals surface area contributed by atoms with Crippen molar-refractivity contribution < 1.29 is 14.6 Å². The monoisotopic (exact) mass is 265 g/mol. The molecule has 0 radical (unpaired) electrons. The van der Waals surface area contributed by atoms with Crippen LogP contribution in [0.2, 0.25) is 0 Å². The molecule has 2 rings (SSSR count). The van der Waals surface area contributed by atoms with Gasteiger partial charge < -0.3 is 19.9 Å². The summed E-state index contributed by atoms with van der Waals surface area (Å²) >= 11 is 0. The Kier molecular flexibility index (Phi) is 4.80. The van der Waals surface area contributed by atoms with Gasteiger partial charge in [-0.1, -0.05) is 18.2 Å². The van der Waals surface area contributed by atoms with Crippen LogP contribution in [0.5, 0.6) is 5.75 Å². The molecule has 2 N–H and O–H groups in total. The fourth-order valence-electron chi connectivity index (χ4n) is 2.18. The van der Waals surface area contributed by atoms with Gasteiger partial charge in [0.15, 0.2) is 0 Å². The van der Waals surface area contributed by atoms with Crippen molar-refractivity contribution in [1.82, 2.24) is 5.32 Å². The summed E-state index contributed by atoms with van der Waals surface area (Å²) in [6.07, 6.45) is 0.859. The Morgan fingerprint density at radius 3 is 2.89 bits per heavy atom. The third-order valence-corrected chi connectivity index (χ3v) is 3.19. The minimum absolute atomic E-state index is 0.161. The van der Waals surface area contributed by atoms with Crippen LogP contribution in [0.15, 0.2) is 24.3 Å². The normalized spacial score (nSPS) is 22.9. The van der Waals surface area contributed by atoms with E-state index in [9.17, 15) is 5.11 Å². The van der Waals surface area contributed by atoms with Crippen molar-refractivity contribution in [2.75, 3.05) is 19.8 Å². The first-order chi connectivity index (χ1) is 9.09. The van der Waals surface area contributed by atoms with Gasteiger partial charge in [-0.15, -0.1) is 0 Å². The highest BCUT2D eigenvalue weighted by molar-refractivity contribution is 5.33. The fraction of sp³-hybridized carbons (Fsp3) is 0.600. The summed E-state index contributed by atoms with van der Waals surface area (Å²) in [4.78, 5) is 0. The summed E-state index contributed by atoms with van der Waals surface area (Å²) < 4.78 is 11.0. The van der Waals surface area contributed by atoms with Gasteiger partial charge >= 0.3 is 0 Å². The number of hydrogen-bond donors (Lipinski definition) is 2. The summed E-state index contributed by atoms with van der Waals surface area (Å²) in [6, 6.07) is 7.99. The first-order valence-corrected chi connectivity index (χ1v) is 6.84. The summed E-state index contributed by atoms with van der Waals surface area (Å²) in [5.41, 5.74) is 0.395. The summed E-state index contributed by atoms with van der Waals surface area (Å²) in [6.45, 7) is 6.33. The molecule has 1 aromatic rings. The fourth-order valence-corrected chi connectivity index (χ4v) is 2.18. The number of para-hydroxylation sites is 1. The van der Waals surface area contributed by atoms with Crippen molar-refractivity contribution in [3.63, 3.8) is 0 Å². The zero-order chi connectivity index (χ0) is 13.7. The van der Waals surface area contributed by atoms with Crippen molar-refractivity contribution in [1.29, 1.82) is 0 Å². The van der Waals surface area contributed by atoms with Crippen molar-refractivity contribution >= 4 is 0 Å². The zero-order valence-corrected chi connectivity index (χ0v) is 11.7. The highest BCUT2D eigenvalue weighted by atomic mass is 16.5. The van der Waals surface area contributed by atoms with Crippen LogP contribution >= 0.6 is 0 Å². The van der Waals surface area contributed by atoms with Gasteiger partial charge in [0.2, 0.25) is 0 Å². The molecular weight excluding hydrogens is 242 g/mol. The lowest BCUT2D eigenvalue weighted by atomic mass is 10.0. The van der Waals surface area contributed by atoms with Crippen LogP contribution in [-0.4, -0.2) is 36.6 Å². The Labute approximate surface area is 114 Å². The van der Waals surface area contributed by atoms with E-state index in [4.69, 9.17) is 9.47 Å². The number of nitrogens with one attached hydrogen (secondary N) is 1. The highest BCUT2D eigenvalue weighted by Crippen LogP contribution is 2.20. The molecule has 0 aliphatic carbocycles. The smallest absolute Gasteiger partial charge is 0.124 e. The number of rotatable bonds is 6. The molecule has 0 aromatic heterocycles. The molecule has 106 valence electrons. The van der Waals surface area contributed by atoms with Gasteiger partial charge in [-0.2, -0.15) is 0 Å². The predicted octanol–water partition coefficient (Wildman–Crippen LogP) is 1.71. The SMILES string of the molecule is CC(C)Oc1ccccc1CNCC1(O)CCOC1. The minimum atomic E-state index is -0.714. The van der Waals surface area contributed by atoms with Crippen LogP contribution in [0.25, 0.3) is 0 Å². The van der Waals surface area contributed by atoms with Gasteiger partial charge in [0, 0.05) is 31.7 Å². The van der Waals surface area contributed by atoms with Crippen molar-refractivity contribution in [2.24, 2.45) is 0 Å². The average Bonchev–Trinajstić information content (AvgIpc) is 2.78. The topological polar surface area (TPSA) is 50.7 Å². The van der Waals surface area contributed by atoms with Crippen LogP contribution < -0.4 is 10.1 Å². The van der Waals surface area contributed by atoms with Crippen molar-refractivity contribution in [2.45, 2.75) is 38.5 Å². The number of benzene rings is 1. The summed E-state index contributed by atoms with van der Waals surface area (Å²) in [5, 5.41) is 13.5. The van der Waals surface area contributed by atoms with E-state index in [0.29, 0.717) is 32.7 Å². The maximum atomic E-state index is 10.2. The van der Waals surface area contributed by atoms with E-state index >= 15 is 0 Å². The molecule has 1 aliphatic rings. The second kappa shape index (κ2) is 6.37. The Hall–Kier alpha value is -1.10. The second-order valence-electron chi connectivity index (χ2n) is 5.40. The van der Waals surface area contributed by atoms with Crippen LogP contribution in [0.4, 0.5) is 0 Å². The lowest BCUT2D eigenvalue weighted by Crippen LogP contribution is -2.40. The molecule has 0 spiro atoms. The Morgan fingerprint density at radius 1 is 1.42 bits per heavy atom. The average molecular weight is 265 g/mol. The van der Waals surface area contributed by atoms with E-state index in [2.05, 4.69) is 5.32 Å². The lowest BCUT2D eigenvalue weighted by molar-refractivity contribution is 0.0268. The van der Waals surface area contributed by atoms with Gasteiger partial charge in [0.25, 0.3) is 0 Å². The molecule has 1 unspecified atom stereocenters. The standard InChI is InChI=1S/C15H23NO3/c1-12(2)19-14-6-4-3-5-13(14)9-16-10-15(17)7-8-18-11-15/h3-6,12,16-17H,7-11H2,1-2H3. The molecule has 1 heterocycles. The van der Waals surface area contributed by atoms with Gasteiger partial charge in [-0.3, -0.25) is 0 Å². The van der Waals surface area contributed by atoms with E-state index < -0.39 is 5.60 Å². The van der Waals surface area contributed by atoms with Gasteiger partial charge in [-0.05, 0) is 19.9 Å². The molecular formula is C15H23NO3. The molecule has 19 heavy (non-hydrogen) atoms. The maximum absolute atomic E-state index is 10.2. The summed E-state index contributed by atoms with van der Waals surface area (Å²) in [7, 11) is 0. The Balaban J connectivity index is 1.88. The molecule has 1 aromatic carbocycles. The number of hydrogen-bond acceptors (Lipinski definition) is 4. The van der Waals surface area contributed by atoms with Gasteiger partial charge in [-0.25, -0.2) is 0 Å². The molecule has 1 saturated heterocycles. The van der Waals surface area contributed by atoms with Crippen LogP contribution in [0.1, 0.15) is 25.8 Å². The molecule has 0 saturated carbocycles. The molecule has 4 nitrogen and oxygen atoms in total. The Morgan fingerprint density at radius 2 is 2.21 bits per heavy atom. The molecule has 1 fully saturated rings. The van der Waals surface area contributed by atoms with Crippen molar-refractivity contribution in [3.05, 3.63) is 29.8 Å². The Bertz CT molecular complexity index is 400. The molecule has 0 bridgehead atoms. The molecule has 1 atom stereocenters. The first kappa shape index (κ1) is 14.3. The van der Waals surface area contributed by atoms with Crippen LogP contribution in [0.3, 0.4) is 0 Å². The van der Waals surface area contributed by atoms with E-state index in [1.165, 1.54) is 0 Å². The summed E-state index contributed by atoms with van der Waals surface area (Å²) in [5.74, 6) is 0.902. The minimum Gasteiger partial charge on any atom is -0.491 e. The quantitative estimate of drug-likeness (QED) is 0.822. The second-order valence-corrected chi connectivity index (χ2v) is 5.40. The number of aliphatic hydroxyl groups is 1. The third-order valence-electron chi connectivity index (χ3n) is 3.19. The predicted molar refractivity (Wildman–Crippen MR) is 74.3 cm³/mol. The van der Waals surface area contributed by atoms with E-state index in [0.717, 1.165) is 11.3 Å². The lowest BCUT2D eigenvalue weighted by Gasteiger charge is -2.21. The molecule has 4 heteroatoms. The van der Waals surface area contributed by atoms with Gasteiger partial charge in [0.1, 0.15) is 11.4 Å². The van der Waals surface area contributed by atoms with E-state index in [1.54, 1.807) is 0 Å².